The molecule has 0 aliphatic heterocycles. The molecule has 0 heterocycles. The van der Waals surface area contributed by atoms with Gasteiger partial charge in [-0.25, -0.2) is 4.79 Å². The van der Waals surface area contributed by atoms with E-state index in [0.717, 1.165) is 6.42 Å². The van der Waals surface area contributed by atoms with Crippen molar-refractivity contribution in [3.63, 3.8) is 0 Å². The maximum atomic E-state index is 10.6. The lowest BCUT2D eigenvalue weighted by molar-refractivity contribution is -0.153. The van der Waals surface area contributed by atoms with Crippen LogP contribution >= 0.6 is 0 Å². The van der Waals surface area contributed by atoms with Gasteiger partial charge in [0.05, 0.1) is 0 Å². The smallest absolute Gasteiger partial charge is 0.334 e. The zero-order chi connectivity index (χ0) is 12.7. The van der Waals surface area contributed by atoms with Gasteiger partial charge in [0.1, 0.15) is 12.4 Å². The van der Waals surface area contributed by atoms with Crippen LogP contribution in [0.3, 0.4) is 0 Å². The highest BCUT2D eigenvalue weighted by Crippen LogP contribution is 2.21. The van der Waals surface area contributed by atoms with E-state index >= 15 is 0 Å². The first-order valence-corrected chi connectivity index (χ1v) is 5.66. The molecule has 0 amide bonds. The van der Waals surface area contributed by atoms with Gasteiger partial charge in [0.25, 0.3) is 0 Å². The highest BCUT2D eigenvalue weighted by atomic mass is 16.7. The minimum absolute atomic E-state index is 0.179. The number of hydrogen-bond donors (Lipinski definition) is 1. The van der Waals surface area contributed by atoms with Crippen LogP contribution in [0, 0.1) is 0 Å². The third kappa shape index (κ3) is 4.44. The number of carbonyl (C=O) groups is 1. The molecule has 0 spiro atoms. The highest BCUT2D eigenvalue weighted by molar-refractivity contribution is 5.70. The Morgan fingerprint density at radius 1 is 1.35 bits per heavy atom. The van der Waals surface area contributed by atoms with Crippen molar-refractivity contribution < 1.29 is 19.4 Å². The molecule has 0 saturated heterocycles. The molecule has 0 radical (unpaired) electrons. The lowest BCUT2D eigenvalue weighted by atomic mass is 9.99. The second-order valence-corrected chi connectivity index (χ2v) is 3.81. The van der Waals surface area contributed by atoms with Crippen LogP contribution in [0.4, 0.5) is 0 Å². The van der Waals surface area contributed by atoms with Crippen molar-refractivity contribution in [2.24, 2.45) is 0 Å². The van der Waals surface area contributed by atoms with E-state index in [1.54, 1.807) is 0 Å². The van der Waals surface area contributed by atoms with Gasteiger partial charge in [0.2, 0.25) is 6.79 Å². The summed E-state index contributed by atoms with van der Waals surface area (Å²) in [6.45, 7) is 3.50. The maximum Gasteiger partial charge on any atom is 0.334 e. The Morgan fingerprint density at radius 3 is 2.53 bits per heavy atom. The van der Waals surface area contributed by atoms with Crippen molar-refractivity contribution in [2.75, 3.05) is 13.4 Å². The fraction of sp³-hybridized carbons (Fsp3) is 0.462. The number of benzene rings is 1. The molecule has 1 aromatic rings. The Morgan fingerprint density at radius 2 is 2.00 bits per heavy atom. The lowest BCUT2D eigenvalue weighted by Crippen LogP contribution is -2.13. The number of aliphatic hydroxyl groups excluding tert-OH is 1. The number of rotatable bonds is 6. The van der Waals surface area contributed by atoms with E-state index in [1.165, 1.54) is 5.56 Å². The summed E-state index contributed by atoms with van der Waals surface area (Å²) >= 11 is 0. The summed E-state index contributed by atoms with van der Waals surface area (Å²) in [4.78, 5) is 10.6. The number of carbonyl (C=O) groups excluding carboxylic acids is 1. The van der Waals surface area contributed by atoms with Gasteiger partial charge in [0.15, 0.2) is 0 Å². The van der Waals surface area contributed by atoms with Crippen LogP contribution in [0.1, 0.15) is 31.7 Å². The largest absolute Gasteiger partial charge is 0.457 e. The van der Waals surface area contributed by atoms with Crippen LogP contribution in [-0.2, 0) is 9.53 Å². The fourth-order valence-corrected chi connectivity index (χ4v) is 1.34. The van der Waals surface area contributed by atoms with Crippen molar-refractivity contribution in [1.29, 1.82) is 0 Å². The normalized spacial score (nSPS) is 11.9. The molecule has 1 aromatic carbocycles. The Labute approximate surface area is 101 Å². The molecule has 4 heteroatoms. The summed E-state index contributed by atoms with van der Waals surface area (Å²) in [6, 6.07) is 7.68. The molecule has 1 atom stereocenters. The molecule has 94 valence electrons. The Bertz CT molecular complexity index is 345. The molecule has 1 unspecified atom stereocenters. The first-order valence-electron chi connectivity index (χ1n) is 5.66. The third-order valence-corrected chi connectivity index (χ3v) is 2.64. The molecule has 0 bridgehead atoms. The second kappa shape index (κ2) is 6.91. The average molecular weight is 238 g/mol. The van der Waals surface area contributed by atoms with Crippen LogP contribution in [0.5, 0.6) is 5.75 Å². The van der Waals surface area contributed by atoms with Crippen LogP contribution in [0.25, 0.3) is 0 Å². The van der Waals surface area contributed by atoms with Gasteiger partial charge < -0.3 is 14.6 Å². The van der Waals surface area contributed by atoms with Crippen LogP contribution in [0.2, 0.25) is 0 Å². The SMILES string of the molecule is CCC(C)c1ccc(OCOC(=O)CO)cc1. The molecular weight excluding hydrogens is 220 g/mol. The highest BCUT2D eigenvalue weighted by Gasteiger charge is 2.03. The molecule has 1 rings (SSSR count). The lowest BCUT2D eigenvalue weighted by Gasteiger charge is -2.10. The van der Waals surface area contributed by atoms with E-state index in [-0.39, 0.29) is 6.79 Å². The van der Waals surface area contributed by atoms with Gasteiger partial charge >= 0.3 is 5.97 Å². The van der Waals surface area contributed by atoms with Gasteiger partial charge in [-0.3, -0.25) is 0 Å². The zero-order valence-electron chi connectivity index (χ0n) is 10.2. The summed E-state index contributed by atoms with van der Waals surface area (Å²) in [7, 11) is 0. The average Bonchev–Trinajstić information content (AvgIpc) is 2.38. The first-order chi connectivity index (χ1) is 8.17. The molecule has 0 aliphatic carbocycles. The van der Waals surface area contributed by atoms with Crippen molar-refractivity contribution in [2.45, 2.75) is 26.2 Å². The Kier molecular flexibility index (Phi) is 5.49. The van der Waals surface area contributed by atoms with Gasteiger partial charge in [0, 0.05) is 0 Å². The summed E-state index contributed by atoms with van der Waals surface area (Å²) in [5.74, 6) is 0.472. The van der Waals surface area contributed by atoms with Crippen molar-refractivity contribution in [1.82, 2.24) is 0 Å². The van der Waals surface area contributed by atoms with Gasteiger partial charge in [-0.2, -0.15) is 0 Å². The van der Waals surface area contributed by atoms with Gasteiger partial charge in [-0.1, -0.05) is 26.0 Å². The molecule has 17 heavy (non-hydrogen) atoms. The van der Waals surface area contributed by atoms with Gasteiger partial charge in [-0.05, 0) is 30.0 Å². The summed E-state index contributed by atoms with van der Waals surface area (Å²) < 4.78 is 9.78. The molecule has 0 saturated carbocycles. The van der Waals surface area contributed by atoms with Crippen LogP contribution in [-0.4, -0.2) is 24.5 Å². The minimum Gasteiger partial charge on any atom is -0.457 e. The van der Waals surface area contributed by atoms with E-state index in [1.807, 2.05) is 24.3 Å². The molecule has 0 aromatic heterocycles. The monoisotopic (exact) mass is 238 g/mol. The Hall–Kier alpha value is -1.55. The molecule has 0 aliphatic rings. The van der Waals surface area contributed by atoms with E-state index < -0.39 is 12.6 Å². The molecule has 4 nitrogen and oxygen atoms in total. The summed E-state index contributed by atoms with van der Waals surface area (Å²) in [6.07, 6.45) is 1.09. The van der Waals surface area contributed by atoms with Crippen LogP contribution in [0.15, 0.2) is 24.3 Å². The van der Waals surface area contributed by atoms with E-state index in [9.17, 15) is 4.79 Å². The second-order valence-electron chi connectivity index (χ2n) is 3.81. The molecule has 1 N–H and O–H groups in total. The van der Waals surface area contributed by atoms with E-state index in [2.05, 4.69) is 18.6 Å². The van der Waals surface area contributed by atoms with Crippen LogP contribution < -0.4 is 4.74 Å². The quantitative estimate of drug-likeness (QED) is 0.609. The predicted molar refractivity (Wildman–Crippen MR) is 63.8 cm³/mol. The van der Waals surface area contributed by atoms with Crippen molar-refractivity contribution >= 4 is 5.97 Å². The van der Waals surface area contributed by atoms with E-state index in [4.69, 9.17) is 9.84 Å². The zero-order valence-corrected chi connectivity index (χ0v) is 10.2. The number of ether oxygens (including phenoxy) is 2. The van der Waals surface area contributed by atoms with Crippen molar-refractivity contribution in [3.8, 4) is 5.75 Å². The molecule has 0 fully saturated rings. The summed E-state index contributed by atoms with van der Waals surface area (Å²) in [5, 5.41) is 8.43. The summed E-state index contributed by atoms with van der Waals surface area (Å²) in [5.41, 5.74) is 1.26. The minimum atomic E-state index is -0.693. The predicted octanol–water partition coefficient (Wildman–Crippen LogP) is 2.07. The number of hydrogen-bond acceptors (Lipinski definition) is 4. The maximum absolute atomic E-state index is 10.6. The standard InChI is InChI=1S/C13H18O4/c1-3-10(2)11-4-6-12(7-5-11)16-9-17-13(15)8-14/h4-7,10,14H,3,8-9H2,1-2H3. The molecular formula is C13H18O4. The number of esters is 1. The number of aliphatic hydroxyl groups is 1. The topological polar surface area (TPSA) is 55.8 Å². The van der Waals surface area contributed by atoms with E-state index in [0.29, 0.717) is 11.7 Å². The van der Waals surface area contributed by atoms with Gasteiger partial charge in [-0.15, -0.1) is 0 Å². The van der Waals surface area contributed by atoms with Crippen molar-refractivity contribution in [3.05, 3.63) is 29.8 Å². The fourth-order valence-electron chi connectivity index (χ4n) is 1.34. The Balaban J connectivity index is 2.43. The third-order valence-electron chi connectivity index (χ3n) is 2.64. The first kappa shape index (κ1) is 13.5.